The minimum Gasteiger partial charge on any atom is -0.492 e. The number of anilines is 1. The third-order valence-corrected chi connectivity index (χ3v) is 1.71. The summed E-state index contributed by atoms with van der Waals surface area (Å²) in [6.07, 6.45) is 0. The molecule has 0 aliphatic heterocycles. The second-order valence-corrected chi connectivity index (χ2v) is 2.87. The number of benzene rings is 1. The Morgan fingerprint density at radius 2 is 2.33 bits per heavy atom. The van der Waals surface area contributed by atoms with Crippen molar-refractivity contribution >= 4 is 11.7 Å². The molecule has 0 aliphatic rings. The number of amides is 2. The molecule has 0 fully saturated rings. The van der Waals surface area contributed by atoms with Crippen molar-refractivity contribution in [1.82, 2.24) is 5.32 Å². The number of hydrogen-bond donors (Lipinski definition) is 3. The van der Waals surface area contributed by atoms with Crippen LogP contribution in [0.4, 0.5) is 10.5 Å². The lowest BCUT2D eigenvalue weighted by atomic mass is 10.3. The minimum atomic E-state index is -0.258. The Balaban J connectivity index is 2.61. The van der Waals surface area contributed by atoms with E-state index in [1.54, 1.807) is 25.2 Å². The fourth-order valence-corrected chi connectivity index (χ4v) is 1.03. The Kier molecular flexibility index (Phi) is 4.43. The summed E-state index contributed by atoms with van der Waals surface area (Å²) in [6, 6.07) is 6.88. The van der Waals surface area contributed by atoms with Gasteiger partial charge in [-0.2, -0.15) is 0 Å². The zero-order valence-electron chi connectivity index (χ0n) is 8.62. The number of rotatable bonds is 4. The van der Waals surface area contributed by atoms with Crippen LogP contribution in [0.5, 0.6) is 5.75 Å². The summed E-state index contributed by atoms with van der Waals surface area (Å²) in [7, 11) is 1.56. The van der Waals surface area contributed by atoms with Crippen molar-refractivity contribution in [2.75, 3.05) is 25.5 Å². The van der Waals surface area contributed by atoms with Crippen molar-refractivity contribution in [3.8, 4) is 5.75 Å². The second-order valence-electron chi connectivity index (χ2n) is 2.87. The SMILES string of the molecule is CNC(=O)Nc1cccc(OCCN)c1. The molecule has 0 bridgehead atoms. The van der Waals surface area contributed by atoms with Crippen molar-refractivity contribution in [2.24, 2.45) is 5.73 Å². The standard InChI is InChI=1S/C10H15N3O2/c1-12-10(14)13-8-3-2-4-9(7-8)15-6-5-11/h2-4,7H,5-6,11H2,1H3,(H2,12,13,14). The van der Waals surface area contributed by atoms with Gasteiger partial charge in [-0.3, -0.25) is 0 Å². The smallest absolute Gasteiger partial charge is 0.318 e. The summed E-state index contributed by atoms with van der Waals surface area (Å²) < 4.78 is 5.31. The number of carbonyl (C=O) groups is 1. The van der Waals surface area contributed by atoms with E-state index in [1.165, 1.54) is 0 Å². The zero-order chi connectivity index (χ0) is 11.1. The molecule has 1 aromatic rings. The molecule has 0 unspecified atom stereocenters. The molecule has 82 valence electrons. The highest BCUT2D eigenvalue weighted by molar-refractivity contribution is 5.89. The Bertz CT molecular complexity index is 328. The first-order chi connectivity index (χ1) is 7.26. The van der Waals surface area contributed by atoms with E-state index in [9.17, 15) is 4.79 Å². The summed E-state index contributed by atoms with van der Waals surface area (Å²) in [5, 5.41) is 5.11. The predicted molar refractivity (Wildman–Crippen MR) is 59.1 cm³/mol. The minimum absolute atomic E-state index is 0.258. The van der Waals surface area contributed by atoms with Gasteiger partial charge in [-0.05, 0) is 12.1 Å². The predicted octanol–water partition coefficient (Wildman–Crippen LogP) is 0.775. The first-order valence-electron chi connectivity index (χ1n) is 4.68. The van der Waals surface area contributed by atoms with E-state index in [4.69, 9.17) is 10.5 Å². The average Bonchev–Trinajstić information content (AvgIpc) is 2.26. The topological polar surface area (TPSA) is 76.4 Å². The Labute approximate surface area is 88.6 Å². The summed E-state index contributed by atoms with van der Waals surface area (Å²) in [5.74, 6) is 0.689. The molecule has 0 spiro atoms. The van der Waals surface area contributed by atoms with Gasteiger partial charge in [0.1, 0.15) is 12.4 Å². The van der Waals surface area contributed by atoms with E-state index in [-0.39, 0.29) is 6.03 Å². The van der Waals surface area contributed by atoms with Crippen LogP contribution in [0.1, 0.15) is 0 Å². The maximum Gasteiger partial charge on any atom is 0.318 e. The van der Waals surface area contributed by atoms with Gasteiger partial charge >= 0.3 is 6.03 Å². The number of nitrogens with one attached hydrogen (secondary N) is 2. The van der Waals surface area contributed by atoms with Gasteiger partial charge in [0.2, 0.25) is 0 Å². The van der Waals surface area contributed by atoms with Crippen LogP contribution in [-0.4, -0.2) is 26.2 Å². The molecule has 1 rings (SSSR count). The molecule has 5 nitrogen and oxygen atoms in total. The third kappa shape index (κ3) is 3.86. The van der Waals surface area contributed by atoms with Gasteiger partial charge in [0.25, 0.3) is 0 Å². The largest absolute Gasteiger partial charge is 0.492 e. The lowest BCUT2D eigenvalue weighted by Gasteiger charge is -2.07. The molecule has 0 heterocycles. The molecule has 5 heteroatoms. The highest BCUT2D eigenvalue weighted by Gasteiger charge is 1.99. The second kappa shape index (κ2) is 5.87. The molecular formula is C10H15N3O2. The van der Waals surface area contributed by atoms with E-state index in [2.05, 4.69) is 10.6 Å². The van der Waals surface area contributed by atoms with Crippen molar-refractivity contribution in [1.29, 1.82) is 0 Å². The molecule has 15 heavy (non-hydrogen) atoms. The van der Waals surface area contributed by atoms with Crippen LogP contribution in [0.2, 0.25) is 0 Å². The number of hydrogen-bond acceptors (Lipinski definition) is 3. The summed E-state index contributed by atoms with van der Waals surface area (Å²) in [4.78, 5) is 11.0. The van der Waals surface area contributed by atoms with Crippen LogP contribution in [-0.2, 0) is 0 Å². The first kappa shape index (κ1) is 11.3. The summed E-state index contributed by atoms with van der Waals surface area (Å²) in [6.45, 7) is 0.927. The normalized spacial score (nSPS) is 9.47. The molecule has 4 N–H and O–H groups in total. The highest BCUT2D eigenvalue weighted by atomic mass is 16.5. The van der Waals surface area contributed by atoms with Gasteiger partial charge in [0.15, 0.2) is 0 Å². The molecule has 0 saturated carbocycles. The van der Waals surface area contributed by atoms with Gasteiger partial charge < -0.3 is 21.1 Å². The van der Waals surface area contributed by atoms with E-state index < -0.39 is 0 Å². The quantitative estimate of drug-likeness (QED) is 0.685. The van der Waals surface area contributed by atoms with E-state index in [1.807, 2.05) is 6.07 Å². The Hall–Kier alpha value is -1.75. The molecule has 0 radical (unpaired) electrons. The average molecular weight is 209 g/mol. The number of carbonyl (C=O) groups excluding carboxylic acids is 1. The molecule has 2 amide bonds. The Morgan fingerprint density at radius 1 is 1.53 bits per heavy atom. The Morgan fingerprint density at radius 3 is 3.00 bits per heavy atom. The van der Waals surface area contributed by atoms with Gasteiger partial charge in [-0.15, -0.1) is 0 Å². The fraction of sp³-hybridized carbons (Fsp3) is 0.300. The summed E-state index contributed by atoms with van der Waals surface area (Å²) >= 11 is 0. The molecule has 0 saturated heterocycles. The lowest BCUT2D eigenvalue weighted by Crippen LogP contribution is -2.24. The number of ether oxygens (including phenoxy) is 1. The van der Waals surface area contributed by atoms with E-state index >= 15 is 0 Å². The van der Waals surface area contributed by atoms with Crippen molar-refractivity contribution < 1.29 is 9.53 Å². The van der Waals surface area contributed by atoms with Gasteiger partial charge in [0.05, 0.1) is 0 Å². The highest BCUT2D eigenvalue weighted by Crippen LogP contribution is 2.16. The zero-order valence-corrected chi connectivity index (χ0v) is 8.62. The van der Waals surface area contributed by atoms with Crippen LogP contribution >= 0.6 is 0 Å². The molecular weight excluding hydrogens is 194 g/mol. The lowest BCUT2D eigenvalue weighted by molar-refractivity contribution is 0.254. The van der Waals surface area contributed by atoms with E-state index in [0.29, 0.717) is 24.6 Å². The van der Waals surface area contributed by atoms with Gasteiger partial charge in [-0.1, -0.05) is 6.07 Å². The van der Waals surface area contributed by atoms with Gasteiger partial charge in [-0.25, -0.2) is 4.79 Å². The van der Waals surface area contributed by atoms with Crippen LogP contribution in [0.15, 0.2) is 24.3 Å². The van der Waals surface area contributed by atoms with Crippen LogP contribution in [0.25, 0.3) is 0 Å². The monoisotopic (exact) mass is 209 g/mol. The van der Waals surface area contributed by atoms with Crippen molar-refractivity contribution in [3.63, 3.8) is 0 Å². The van der Waals surface area contributed by atoms with Crippen LogP contribution in [0, 0.1) is 0 Å². The molecule has 0 aliphatic carbocycles. The van der Waals surface area contributed by atoms with E-state index in [0.717, 1.165) is 0 Å². The van der Waals surface area contributed by atoms with Crippen LogP contribution in [0.3, 0.4) is 0 Å². The molecule has 0 atom stereocenters. The number of urea groups is 1. The van der Waals surface area contributed by atoms with Crippen molar-refractivity contribution in [2.45, 2.75) is 0 Å². The number of nitrogens with two attached hydrogens (primary N) is 1. The first-order valence-corrected chi connectivity index (χ1v) is 4.68. The maximum atomic E-state index is 11.0. The van der Waals surface area contributed by atoms with Crippen LogP contribution < -0.4 is 21.1 Å². The molecule has 1 aromatic carbocycles. The van der Waals surface area contributed by atoms with Gasteiger partial charge in [0, 0.05) is 25.3 Å². The summed E-state index contributed by atoms with van der Waals surface area (Å²) in [5.41, 5.74) is 6.00. The third-order valence-electron chi connectivity index (χ3n) is 1.71. The van der Waals surface area contributed by atoms with Crippen molar-refractivity contribution in [3.05, 3.63) is 24.3 Å². The fourth-order valence-electron chi connectivity index (χ4n) is 1.03. The maximum absolute atomic E-state index is 11.0. The molecule has 0 aromatic heterocycles.